The summed E-state index contributed by atoms with van der Waals surface area (Å²) in [4.78, 5) is 31.9. The Bertz CT molecular complexity index is 1300. The van der Waals surface area contributed by atoms with Crippen molar-refractivity contribution >= 4 is 11.9 Å². The van der Waals surface area contributed by atoms with Gasteiger partial charge in [0, 0.05) is 24.6 Å². The summed E-state index contributed by atoms with van der Waals surface area (Å²) in [7, 11) is 2.06. The summed E-state index contributed by atoms with van der Waals surface area (Å²) in [5.41, 5.74) is 5.04. The molecule has 0 saturated heterocycles. The Kier molecular flexibility index (Phi) is 8.85. The minimum Gasteiger partial charge on any atom is -0.488 e. The smallest absolute Gasteiger partial charge is 0.329 e. The molecule has 1 aliphatic heterocycles. The fourth-order valence-corrected chi connectivity index (χ4v) is 6.23. The van der Waals surface area contributed by atoms with Gasteiger partial charge < -0.3 is 14.4 Å². The first-order valence-electron chi connectivity index (χ1n) is 14.5. The molecule has 1 saturated carbocycles. The van der Waals surface area contributed by atoms with Crippen LogP contribution in [0.2, 0.25) is 0 Å². The van der Waals surface area contributed by atoms with Crippen molar-refractivity contribution in [1.29, 1.82) is 0 Å². The number of carbonyl (C=O) groups is 2. The average molecular weight is 541 g/mol. The maximum Gasteiger partial charge on any atom is 0.329 e. The Morgan fingerprint density at radius 2 is 1.65 bits per heavy atom. The predicted octanol–water partition coefficient (Wildman–Crippen LogP) is 6.01. The molecular weight excluding hydrogens is 500 g/mol. The molecule has 5 rings (SSSR count). The first kappa shape index (κ1) is 27.9. The lowest BCUT2D eigenvalue weighted by molar-refractivity contribution is -0.158. The molecule has 1 heterocycles. The van der Waals surface area contributed by atoms with Crippen LogP contribution in [0.3, 0.4) is 0 Å². The summed E-state index contributed by atoms with van der Waals surface area (Å²) in [6.45, 7) is 4.87. The molecule has 40 heavy (non-hydrogen) atoms. The number of benzene rings is 3. The third-order valence-corrected chi connectivity index (χ3v) is 8.39. The van der Waals surface area contributed by atoms with Gasteiger partial charge in [-0.2, -0.15) is 0 Å². The lowest BCUT2D eigenvalue weighted by atomic mass is 9.90. The molecule has 0 unspecified atom stereocenters. The minimum absolute atomic E-state index is 0.0587. The molecule has 2 atom stereocenters. The van der Waals surface area contributed by atoms with Crippen LogP contribution < -0.4 is 4.74 Å². The number of esters is 1. The molecule has 2 aliphatic rings. The highest BCUT2D eigenvalue weighted by molar-refractivity contribution is 5.89. The molecule has 0 spiro atoms. The van der Waals surface area contributed by atoms with E-state index >= 15 is 0 Å². The second kappa shape index (κ2) is 12.7. The number of hydrogen-bond donors (Lipinski definition) is 0. The summed E-state index contributed by atoms with van der Waals surface area (Å²) in [5.74, 6) is 0.370. The van der Waals surface area contributed by atoms with Gasteiger partial charge in [-0.3, -0.25) is 9.69 Å². The van der Waals surface area contributed by atoms with E-state index < -0.39 is 12.1 Å². The van der Waals surface area contributed by atoms with Gasteiger partial charge in [-0.1, -0.05) is 85.6 Å². The Hall–Kier alpha value is -3.64. The number of hydrogen-bond acceptors (Lipinski definition) is 5. The molecule has 6 nitrogen and oxygen atoms in total. The molecular formula is C34H40N2O4. The number of carbonyl (C=O) groups excluding carboxylic acids is 2. The maximum atomic E-state index is 14.5. The molecule has 0 N–H and O–H groups in total. The van der Waals surface area contributed by atoms with Crippen molar-refractivity contribution in [3.05, 3.63) is 101 Å². The monoisotopic (exact) mass is 540 g/mol. The molecule has 210 valence electrons. The second-order valence-electron chi connectivity index (χ2n) is 11.0. The van der Waals surface area contributed by atoms with Crippen LogP contribution in [-0.4, -0.2) is 47.4 Å². The van der Waals surface area contributed by atoms with Gasteiger partial charge in [0.1, 0.15) is 24.4 Å². The minimum atomic E-state index is -0.719. The average Bonchev–Trinajstić information content (AvgIpc) is 3.53. The van der Waals surface area contributed by atoms with E-state index in [4.69, 9.17) is 9.47 Å². The van der Waals surface area contributed by atoms with E-state index in [1.807, 2.05) is 73.7 Å². The number of rotatable bonds is 9. The van der Waals surface area contributed by atoms with Gasteiger partial charge in [0.15, 0.2) is 0 Å². The van der Waals surface area contributed by atoms with Crippen LogP contribution in [0.5, 0.6) is 5.75 Å². The molecule has 0 bridgehead atoms. The van der Waals surface area contributed by atoms with Crippen molar-refractivity contribution in [3.8, 4) is 5.75 Å². The number of nitrogens with zero attached hydrogens (tertiary/aromatic N) is 2. The van der Waals surface area contributed by atoms with Crippen LogP contribution in [0.25, 0.3) is 0 Å². The maximum absolute atomic E-state index is 14.5. The van der Waals surface area contributed by atoms with Gasteiger partial charge in [-0.05, 0) is 56.0 Å². The van der Waals surface area contributed by atoms with E-state index in [0.717, 1.165) is 46.4 Å². The lowest BCUT2D eigenvalue weighted by Crippen LogP contribution is -2.53. The van der Waals surface area contributed by atoms with Crippen molar-refractivity contribution < 1.29 is 19.1 Å². The molecule has 1 fully saturated rings. The third-order valence-electron chi connectivity index (χ3n) is 8.39. The van der Waals surface area contributed by atoms with Crippen LogP contribution in [-0.2, 0) is 33.9 Å². The number of amides is 1. The third kappa shape index (κ3) is 5.92. The van der Waals surface area contributed by atoms with Gasteiger partial charge >= 0.3 is 5.97 Å². The highest BCUT2D eigenvalue weighted by atomic mass is 16.5. The largest absolute Gasteiger partial charge is 0.488 e. The van der Waals surface area contributed by atoms with E-state index in [9.17, 15) is 9.59 Å². The van der Waals surface area contributed by atoms with Crippen molar-refractivity contribution in [3.63, 3.8) is 0 Å². The summed E-state index contributed by atoms with van der Waals surface area (Å²) in [6, 6.07) is 23.3. The molecule has 6 heteroatoms. The van der Waals surface area contributed by atoms with Crippen molar-refractivity contribution in [1.82, 2.24) is 9.80 Å². The van der Waals surface area contributed by atoms with Crippen molar-refractivity contribution in [2.45, 2.75) is 77.2 Å². The SMILES string of the molecule is CCOC(=O)[C@@H]1Cc2c(ccc(C)c2OCc2ccccc2)CN1C(=O)[C@H](c1ccccc1)N(C)C1CCCC1. The summed E-state index contributed by atoms with van der Waals surface area (Å²) in [6.07, 6.45) is 4.88. The van der Waals surface area contributed by atoms with Crippen LogP contribution in [0.1, 0.15) is 66.5 Å². The first-order chi connectivity index (χ1) is 19.5. The van der Waals surface area contributed by atoms with E-state index in [1.165, 1.54) is 12.8 Å². The lowest BCUT2D eigenvalue weighted by Gasteiger charge is -2.41. The molecule has 3 aromatic carbocycles. The van der Waals surface area contributed by atoms with Crippen molar-refractivity contribution in [2.75, 3.05) is 13.7 Å². The van der Waals surface area contributed by atoms with Crippen LogP contribution in [0.4, 0.5) is 0 Å². The summed E-state index contributed by atoms with van der Waals surface area (Å²) in [5, 5.41) is 0. The zero-order valence-corrected chi connectivity index (χ0v) is 23.8. The number of ether oxygens (including phenoxy) is 2. The topological polar surface area (TPSA) is 59.1 Å². The quantitative estimate of drug-likeness (QED) is 0.311. The second-order valence-corrected chi connectivity index (χ2v) is 11.0. The van der Waals surface area contributed by atoms with Gasteiger partial charge in [0.25, 0.3) is 0 Å². The van der Waals surface area contributed by atoms with E-state index in [2.05, 4.69) is 18.0 Å². The Balaban J connectivity index is 1.49. The Morgan fingerprint density at radius 3 is 2.33 bits per heavy atom. The van der Waals surface area contributed by atoms with Crippen LogP contribution >= 0.6 is 0 Å². The molecule has 1 aliphatic carbocycles. The fourth-order valence-electron chi connectivity index (χ4n) is 6.23. The van der Waals surface area contributed by atoms with Gasteiger partial charge in [0.05, 0.1) is 6.61 Å². The van der Waals surface area contributed by atoms with E-state index in [1.54, 1.807) is 11.8 Å². The highest BCUT2D eigenvalue weighted by Crippen LogP contribution is 2.37. The van der Waals surface area contributed by atoms with Crippen LogP contribution in [0, 0.1) is 6.92 Å². The molecule has 3 aromatic rings. The number of likely N-dealkylation sites (N-methyl/N-ethyl adjacent to an activating group) is 1. The van der Waals surface area contributed by atoms with Crippen LogP contribution in [0.15, 0.2) is 72.8 Å². The zero-order chi connectivity index (χ0) is 28.1. The van der Waals surface area contributed by atoms with E-state index in [0.29, 0.717) is 25.6 Å². The van der Waals surface area contributed by atoms with Gasteiger partial charge in [0.2, 0.25) is 5.91 Å². The summed E-state index contributed by atoms with van der Waals surface area (Å²) < 4.78 is 11.9. The summed E-state index contributed by atoms with van der Waals surface area (Å²) >= 11 is 0. The fraction of sp³-hybridized carbons (Fsp3) is 0.412. The zero-order valence-electron chi connectivity index (χ0n) is 23.8. The van der Waals surface area contributed by atoms with Gasteiger partial charge in [-0.25, -0.2) is 4.79 Å². The Morgan fingerprint density at radius 1 is 0.975 bits per heavy atom. The van der Waals surface area contributed by atoms with E-state index in [-0.39, 0.29) is 18.5 Å². The normalized spacial score (nSPS) is 17.9. The van der Waals surface area contributed by atoms with Crippen molar-refractivity contribution in [2.24, 2.45) is 0 Å². The predicted molar refractivity (Wildman–Crippen MR) is 156 cm³/mol. The Labute approximate surface area is 237 Å². The molecule has 0 aromatic heterocycles. The first-order valence-corrected chi connectivity index (χ1v) is 14.5. The van der Waals surface area contributed by atoms with Gasteiger partial charge in [-0.15, -0.1) is 0 Å². The molecule has 1 amide bonds. The standard InChI is InChI=1S/C34H40N2O4/c1-4-39-34(38)30-21-29-27(20-19-24(2)32(29)40-23-25-13-7-5-8-14-25)22-36(30)33(37)31(26-15-9-6-10-16-26)35(3)28-17-11-12-18-28/h5-10,13-16,19-20,28,30-31H,4,11-12,17-18,21-23H2,1-3H3/t30-,31-/m0/s1. The number of aryl methyl sites for hydroxylation is 1. The number of fused-ring (bicyclic) bond motifs is 1. The molecule has 0 radical (unpaired) electrons. The highest BCUT2D eigenvalue weighted by Gasteiger charge is 2.42.